The SMILES string of the molecule is CC(C)(C)OC(=O)N1CCC(CCc2ccc(C(C)(C)C)cc2)CC1C(=O)O. The summed E-state index contributed by atoms with van der Waals surface area (Å²) in [6.45, 7) is 12.4. The van der Waals surface area contributed by atoms with Crippen molar-refractivity contribution >= 4 is 12.1 Å². The lowest BCUT2D eigenvalue weighted by Gasteiger charge is -2.38. The fourth-order valence-corrected chi connectivity index (χ4v) is 3.62. The first-order valence-corrected chi connectivity index (χ1v) is 10.2. The van der Waals surface area contributed by atoms with E-state index in [0.717, 1.165) is 19.3 Å². The van der Waals surface area contributed by atoms with Crippen molar-refractivity contribution in [2.75, 3.05) is 6.54 Å². The summed E-state index contributed by atoms with van der Waals surface area (Å²) in [6.07, 6.45) is 2.61. The molecule has 0 aromatic heterocycles. The maximum atomic E-state index is 12.4. The number of piperidine rings is 1. The van der Waals surface area contributed by atoms with E-state index in [4.69, 9.17) is 4.74 Å². The van der Waals surface area contributed by atoms with Crippen molar-refractivity contribution in [2.24, 2.45) is 5.92 Å². The van der Waals surface area contributed by atoms with Crippen molar-refractivity contribution < 1.29 is 19.4 Å². The van der Waals surface area contributed by atoms with Crippen LogP contribution in [-0.2, 0) is 21.4 Å². The van der Waals surface area contributed by atoms with Crippen molar-refractivity contribution in [3.8, 4) is 0 Å². The average Bonchev–Trinajstić information content (AvgIpc) is 2.57. The minimum atomic E-state index is -0.954. The topological polar surface area (TPSA) is 66.8 Å². The van der Waals surface area contributed by atoms with Crippen LogP contribution in [0.1, 0.15) is 71.9 Å². The number of nitrogens with zero attached hydrogens (tertiary/aromatic N) is 1. The first kappa shape index (κ1) is 22.3. The Labute approximate surface area is 169 Å². The van der Waals surface area contributed by atoms with Crippen LogP contribution >= 0.6 is 0 Å². The van der Waals surface area contributed by atoms with E-state index in [-0.39, 0.29) is 5.41 Å². The first-order chi connectivity index (χ1) is 12.9. The third-order valence-corrected chi connectivity index (χ3v) is 5.29. The number of likely N-dealkylation sites (tertiary alicyclic amines) is 1. The predicted octanol–water partition coefficient (Wildman–Crippen LogP) is 5.02. The van der Waals surface area contributed by atoms with Crippen molar-refractivity contribution in [3.63, 3.8) is 0 Å². The molecule has 1 heterocycles. The predicted molar refractivity (Wildman–Crippen MR) is 111 cm³/mol. The zero-order chi connectivity index (χ0) is 21.1. The highest BCUT2D eigenvalue weighted by Crippen LogP contribution is 2.29. The van der Waals surface area contributed by atoms with Gasteiger partial charge in [-0.3, -0.25) is 4.90 Å². The van der Waals surface area contributed by atoms with Crippen LogP contribution in [0.5, 0.6) is 0 Å². The van der Waals surface area contributed by atoms with Crippen LogP contribution in [0, 0.1) is 5.92 Å². The fraction of sp³-hybridized carbons (Fsp3) is 0.652. The van der Waals surface area contributed by atoms with E-state index in [1.54, 1.807) is 20.8 Å². The second kappa shape index (κ2) is 8.54. The van der Waals surface area contributed by atoms with Crippen molar-refractivity contribution in [1.29, 1.82) is 0 Å². The van der Waals surface area contributed by atoms with Crippen molar-refractivity contribution in [1.82, 2.24) is 4.90 Å². The zero-order valence-electron chi connectivity index (χ0n) is 18.1. The summed E-state index contributed by atoms with van der Waals surface area (Å²) in [7, 11) is 0. The van der Waals surface area contributed by atoms with Crippen molar-refractivity contribution in [3.05, 3.63) is 35.4 Å². The Morgan fingerprint density at radius 2 is 1.71 bits per heavy atom. The van der Waals surface area contributed by atoms with Gasteiger partial charge in [-0.1, -0.05) is 45.0 Å². The van der Waals surface area contributed by atoms with Gasteiger partial charge in [0.15, 0.2) is 0 Å². The molecule has 2 atom stereocenters. The largest absolute Gasteiger partial charge is 0.480 e. The molecule has 1 aliphatic rings. The fourth-order valence-electron chi connectivity index (χ4n) is 3.62. The monoisotopic (exact) mass is 389 g/mol. The first-order valence-electron chi connectivity index (χ1n) is 10.2. The molecule has 0 bridgehead atoms. The molecular formula is C23H35NO4. The van der Waals surface area contributed by atoms with E-state index >= 15 is 0 Å². The molecule has 1 aliphatic heterocycles. The van der Waals surface area contributed by atoms with Gasteiger partial charge in [0, 0.05) is 6.54 Å². The molecule has 0 saturated carbocycles. The highest BCUT2D eigenvalue weighted by Gasteiger charge is 2.38. The van der Waals surface area contributed by atoms with Crippen LogP contribution in [0.2, 0.25) is 0 Å². The number of aliphatic carboxylic acids is 1. The van der Waals surface area contributed by atoms with Crippen molar-refractivity contribution in [2.45, 2.75) is 84.3 Å². The summed E-state index contributed by atoms with van der Waals surface area (Å²) in [6, 6.07) is 7.90. The third-order valence-electron chi connectivity index (χ3n) is 5.29. The van der Waals surface area contributed by atoms with Gasteiger partial charge in [0.05, 0.1) is 0 Å². The summed E-state index contributed by atoms with van der Waals surface area (Å²) in [5, 5.41) is 9.62. The molecule has 5 heteroatoms. The Morgan fingerprint density at radius 3 is 2.21 bits per heavy atom. The van der Waals surface area contributed by atoms with Gasteiger partial charge in [-0.05, 0) is 68.9 Å². The molecule has 1 aromatic rings. The molecule has 5 nitrogen and oxygen atoms in total. The Hall–Kier alpha value is -2.04. The number of carboxylic acid groups (broad SMARTS) is 1. The number of benzene rings is 1. The average molecular weight is 390 g/mol. The molecule has 1 aromatic carbocycles. The molecule has 0 aliphatic carbocycles. The number of aryl methyl sites for hydroxylation is 1. The van der Waals surface area contributed by atoms with Gasteiger partial charge in [0.2, 0.25) is 0 Å². The molecule has 28 heavy (non-hydrogen) atoms. The molecule has 1 fully saturated rings. The number of carbonyl (C=O) groups is 2. The van der Waals surface area contributed by atoms with E-state index in [2.05, 4.69) is 45.0 Å². The number of hydrogen-bond donors (Lipinski definition) is 1. The molecule has 1 amide bonds. The molecule has 1 saturated heterocycles. The van der Waals surface area contributed by atoms with E-state index < -0.39 is 23.7 Å². The zero-order valence-corrected chi connectivity index (χ0v) is 18.1. The lowest BCUT2D eigenvalue weighted by Crippen LogP contribution is -2.51. The molecular weight excluding hydrogens is 354 g/mol. The molecule has 0 radical (unpaired) electrons. The van der Waals surface area contributed by atoms with E-state index in [1.165, 1.54) is 16.0 Å². The lowest BCUT2D eigenvalue weighted by molar-refractivity contribution is -0.145. The van der Waals surface area contributed by atoms with Gasteiger partial charge in [-0.15, -0.1) is 0 Å². The Kier molecular flexibility index (Phi) is 6.79. The number of ether oxygens (including phenoxy) is 1. The Bertz CT molecular complexity index is 682. The van der Waals surface area contributed by atoms with Gasteiger partial charge < -0.3 is 9.84 Å². The maximum absolute atomic E-state index is 12.4. The highest BCUT2D eigenvalue weighted by molar-refractivity contribution is 5.80. The number of amides is 1. The number of carboxylic acids is 1. The lowest BCUT2D eigenvalue weighted by atomic mass is 9.84. The molecule has 0 spiro atoms. The summed E-state index contributed by atoms with van der Waals surface area (Å²) in [5.41, 5.74) is 2.10. The second-order valence-corrected chi connectivity index (χ2v) is 9.90. The number of hydrogen-bond acceptors (Lipinski definition) is 3. The maximum Gasteiger partial charge on any atom is 0.411 e. The number of rotatable bonds is 4. The summed E-state index contributed by atoms with van der Waals surface area (Å²) in [5.74, 6) is -0.660. The summed E-state index contributed by atoms with van der Waals surface area (Å²) < 4.78 is 5.38. The van der Waals surface area contributed by atoms with E-state index in [9.17, 15) is 14.7 Å². The molecule has 2 rings (SSSR count). The van der Waals surface area contributed by atoms with Gasteiger partial charge >= 0.3 is 12.1 Å². The van der Waals surface area contributed by atoms with E-state index in [0.29, 0.717) is 18.9 Å². The smallest absolute Gasteiger partial charge is 0.411 e. The van der Waals surface area contributed by atoms with Crippen LogP contribution in [0.4, 0.5) is 4.79 Å². The quantitative estimate of drug-likeness (QED) is 0.785. The van der Waals surface area contributed by atoms with Gasteiger partial charge in [-0.25, -0.2) is 9.59 Å². The normalized spacial score (nSPS) is 20.7. The molecule has 2 unspecified atom stereocenters. The van der Waals surface area contributed by atoms with Crippen LogP contribution in [-0.4, -0.2) is 40.3 Å². The number of carbonyl (C=O) groups excluding carboxylic acids is 1. The Morgan fingerprint density at radius 1 is 1.11 bits per heavy atom. The summed E-state index contributed by atoms with van der Waals surface area (Å²) in [4.78, 5) is 25.5. The van der Waals surface area contributed by atoms with Crippen LogP contribution < -0.4 is 0 Å². The van der Waals surface area contributed by atoms with Crippen LogP contribution in [0.15, 0.2) is 24.3 Å². The second-order valence-electron chi connectivity index (χ2n) is 9.90. The minimum absolute atomic E-state index is 0.141. The van der Waals surface area contributed by atoms with Crippen LogP contribution in [0.3, 0.4) is 0 Å². The van der Waals surface area contributed by atoms with E-state index in [1.807, 2.05) is 0 Å². The highest BCUT2D eigenvalue weighted by atomic mass is 16.6. The molecule has 156 valence electrons. The van der Waals surface area contributed by atoms with Gasteiger partial charge in [0.1, 0.15) is 11.6 Å². The van der Waals surface area contributed by atoms with Gasteiger partial charge in [0.25, 0.3) is 0 Å². The molecule has 1 N–H and O–H groups in total. The third kappa shape index (κ3) is 6.25. The minimum Gasteiger partial charge on any atom is -0.480 e. The Balaban J connectivity index is 1.95. The van der Waals surface area contributed by atoms with Crippen LogP contribution in [0.25, 0.3) is 0 Å². The standard InChI is InChI=1S/C23H35NO4/c1-22(2,3)18-11-9-16(10-12-18)7-8-17-13-14-24(19(15-17)20(25)26)21(27)28-23(4,5)6/h9-12,17,19H,7-8,13-15H2,1-6H3,(H,25,26). The summed E-state index contributed by atoms with van der Waals surface area (Å²) >= 11 is 0. The van der Waals surface area contributed by atoms with Gasteiger partial charge in [-0.2, -0.15) is 0 Å².